The summed E-state index contributed by atoms with van der Waals surface area (Å²) < 4.78 is 127. The van der Waals surface area contributed by atoms with E-state index in [1.54, 1.807) is 0 Å². The standard InChI is InChI=1S/C29H29N9O13S4/c1-16-21(15-30)28(31-6-8-39)33-29(32-7-10-52(41,42)11-9-40)26(16)35-34-22-4-2-17(12-25(22)55(49,50)51)38-36-23-5-3-19-20(27(23)37-38)13-18(53(43,44)45)14-24(19)54(46,47)48/h2-5,12-14,39-40H,6-11H2,1H3,(H2,31,32,33)(H,43,44,45)(H,46,47,48)(H,49,50,51)/b35-34+. The normalized spacial score (nSPS) is 12.7. The van der Waals surface area contributed by atoms with E-state index in [-0.39, 0.29) is 75.6 Å². The van der Waals surface area contributed by atoms with E-state index in [9.17, 15) is 57.7 Å². The van der Waals surface area contributed by atoms with E-state index in [1.165, 1.54) is 25.1 Å². The van der Waals surface area contributed by atoms with Crippen LogP contribution in [0.3, 0.4) is 0 Å². The third-order valence-electron chi connectivity index (χ3n) is 7.74. The molecule has 2 aromatic heterocycles. The summed E-state index contributed by atoms with van der Waals surface area (Å²) in [6.07, 6.45) is 0. The first-order valence-electron chi connectivity index (χ1n) is 15.4. The van der Waals surface area contributed by atoms with Gasteiger partial charge in [0.25, 0.3) is 30.4 Å². The summed E-state index contributed by atoms with van der Waals surface area (Å²) in [5.74, 6) is -1.02. The number of rotatable bonds is 15. The van der Waals surface area contributed by atoms with Gasteiger partial charge in [-0.1, -0.05) is 6.07 Å². The summed E-state index contributed by atoms with van der Waals surface area (Å²) in [5.41, 5.74) is -0.688. The molecule has 0 spiro atoms. The second-order valence-corrected chi connectivity index (χ2v) is 17.9. The number of benzene rings is 3. The Morgan fingerprint density at radius 1 is 0.764 bits per heavy atom. The lowest BCUT2D eigenvalue weighted by atomic mass is 10.1. The molecule has 0 saturated heterocycles. The second kappa shape index (κ2) is 15.5. The number of aromatic nitrogens is 4. The minimum Gasteiger partial charge on any atom is -0.395 e. The van der Waals surface area contributed by atoms with Crippen LogP contribution in [0.25, 0.3) is 27.5 Å². The first-order valence-corrected chi connectivity index (χ1v) is 21.5. The molecule has 3 aromatic carbocycles. The van der Waals surface area contributed by atoms with Crippen LogP contribution >= 0.6 is 0 Å². The summed E-state index contributed by atoms with van der Waals surface area (Å²) in [4.78, 5) is 2.60. The van der Waals surface area contributed by atoms with Crippen LogP contribution in [0.5, 0.6) is 0 Å². The largest absolute Gasteiger partial charge is 0.395 e. The maximum atomic E-state index is 12.6. The Kier molecular flexibility index (Phi) is 11.5. The molecule has 0 radical (unpaired) electrons. The number of fused-ring (bicyclic) bond motifs is 3. The molecule has 5 aromatic rings. The van der Waals surface area contributed by atoms with Gasteiger partial charge in [0.15, 0.2) is 15.7 Å². The van der Waals surface area contributed by atoms with E-state index in [1.807, 2.05) is 6.07 Å². The van der Waals surface area contributed by atoms with Crippen molar-refractivity contribution < 1.29 is 57.5 Å². The van der Waals surface area contributed by atoms with Gasteiger partial charge < -0.3 is 20.8 Å². The Hall–Kier alpha value is -5.24. The van der Waals surface area contributed by atoms with Gasteiger partial charge in [0.1, 0.15) is 44.1 Å². The number of anilines is 2. The van der Waals surface area contributed by atoms with E-state index in [4.69, 9.17) is 5.11 Å². The fraction of sp³-hybridized carbons (Fsp3) is 0.241. The third-order valence-corrected chi connectivity index (χ3v) is 12.0. The number of aliphatic hydroxyl groups is 2. The molecule has 0 unspecified atom stereocenters. The van der Waals surface area contributed by atoms with E-state index in [0.717, 1.165) is 23.0 Å². The van der Waals surface area contributed by atoms with Crippen LogP contribution in [0, 0.1) is 18.3 Å². The molecular weight excluding hydrogens is 811 g/mol. The average molecular weight is 840 g/mol. The lowest BCUT2D eigenvalue weighted by Crippen LogP contribution is -2.21. The van der Waals surface area contributed by atoms with Crippen LogP contribution in [0.2, 0.25) is 0 Å². The van der Waals surface area contributed by atoms with Gasteiger partial charge in [-0.05, 0) is 43.3 Å². The van der Waals surface area contributed by atoms with Crippen molar-refractivity contribution in [2.24, 2.45) is 10.2 Å². The molecule has 0 fully saturated rings. The van der Waals surface area contributed by atoms with Crippen molar-refractivity contribution in [1.82, 2.24) is 20.0 Å². The Bertz CT molecular complexity index is 2870. The molecule has 0 aliphatic heterocycles. The SMILES string of the molecule is Cc1c(C#N)c(NCCO)nc(NCCS(=O)(=O)CCO)c1/N=N/c1ccc(-n2nc3ccc4c(S(=O)(=O)O)cc(S(=O)(=O)O)cc4c3n2)cc1S(=O)(=O)O. The molecule has 22 nitrogen and oxygen atoms in total. The van der Waals surface area contributed by atoms with Gasteiger partial charge in [-0.2, -0.15) is 35.3 Å². The van der Waals surface area contributed by atoms with Crippen molar-refractivity contribution in [3.05, 3.63) is 53.6 Å². The average Bonchev–Trinajstić information content (AvgIpc) is 3.54. The number of hydrogen-bond acceptors (Lipinski definition) is 18. The molecule has 0 aliphatic carbocycles. The van der Waals surface area contributed by atoms with E-state index < -0.39 is 78.7 Å². The van der Waals surface area contributed by atoms with Crippen molar-refractivity contribution in [2.45, 2.75) is 21.6 Å². The topological polar surface area (TPSA) is 354 Å². The van der Waals surface area contributed by atoms with Crippen LogP contribution in [-0.4, -0.2) is 115 Å². The monoisotopic (exact) mass is 839 g/mol. The zero-order chi connectivity index (χ0) is 40.5. The molecule has 0 bridgehead atoms. The zero-order valence-corrected chi connectivity index (χ0v) is 31.3. The summed E-state index contributed by atoms with van der Waals surface area (Å²) in [7, 11) is -18.8. The third kappa shape index (κ3) is 9.01. The van der Waals surface area contributed by atoms with Crippen molar-refractivity contribution in [3.8, 4) is 11.8 Å². The molecule has 292 valence electrons. The van der Waals surface area contributed by atoms with Crippen LogP contribution in [-0.2, 0) is 40.2 Å². The van der Waals surface area contributed by atoms with Crippen LogP contribution in [0.1, 0.15) is 11.1 Å². The van der Waals surface area contributed by atoms with Crippen LogP contribution < -0.4 is 10.6 Å². The molecule has 26 heteroatoms. The van der Waals surface area contributed by atoms with Gasteiger partial charge >= 0.3 is 0 Å². The van der Waals surface area contributed by atoms with E-state index in [0.29, 0.717) is 6.07 Å². The first-order chi connectivity index (χ1) is 25.7. The van der Waals surface area contributed by atoms with Crippen molar-refractivity contribution in [3.63, 3.8) is 0 Å². The Labute approximate surface area is 312 Å². The van der Waals surface area contributed by atoms with Gasteiger partial charge in [0, 0.05) is 29.4 Å². The molecule has 0 atom stereocenters. The minimum atomic E-state index is -5.08. The fourth-order valence-electron chi connectivity index (χ4n) is 5.20. The first kappa shape index (κ1) is 40.9. The van der Waals surface area contributed by atoms with E-state index in [2.05, 4.69) is 36.0 Å². The molecule has 0 aliphatic rings. The van der Waals surface area contributed by atoms with Gasteiger partial charge in [0.05, 0.1) is 40.9 Å². The van der Waals surface area contributed by atoms with Gasteiger partial charge in [0.2, 0.25) is 0 Å². The summed E-state index contributed by atoms with van der Waals surface area (Å²) in [5, 5.41) is 49.8. The molecule has 55 heavy (non-hydrogen) atoms. The second-order valence-electron chi connectivity index (χ2n) is 11.4. The predicted octanol–water partition coefficient (Wildman–Crippen LogP) is 1.53. The number of nitrogens with one attached hydrogen (secondary N) is 2. The Morgan fingerprint density at radius 3 is 2.07 bits per heavy atom. The fourth-order valence-corrected chi connectivity index (χ4v) is 8.07. The maximum absolute atomic E-state index is 12.6. The Balaban J connectivity index is 1.62. The highest BCUT2D eigenvalue weighted by atomic mass is 32.2. The molecule has 5 rings (SSSR count). The molecule has 2 heterocycles. The quantitative estimate of drug-likeness (QED) is 0.0580. The highest BCUT2D eigenvalue weighted by molar-refractivity contribution is 7.91. The summed E-state index contributed by atoms with van der Waals surface area (Å²) in [6.45, 7) is 0.287. The number of hydrogen-bond donors (Lipinski definition) is 7. The van der Waals surface area contributed by atoms with Crippen molar-refractivity contribution >= 4 is 85.0 Å². The van der Waals surface area contributed by atoms with Crippen LogP contribution in [0.15, 0.2) is 67.4 Å². The maximum Gasteiger partial charge on any atom is 0.296 e. The minimum absolute atomic E-state index is 0.00648. The molecule has 0 amide bonds. The predicted molar refractivity (Wildman–Crippen MR) is 193 cm³/mol. The van der Waals surface area contributed by atoms with Crippen LogP contribution in [0.4, 0.5) is 23.0 Å². The van der Waals surface area contributed by atoms with Gasteiger partial charge in [-0.25, -0.2) is 13.4 Å². The van der Waals surface area contributed by atoms with Crippen molar-refractivity contribution in [2.75, 3.05) is 48.4 Å². The molecular formula is C29H29N9O13S4. The van der Waals surface area contributed by atoms with Gasteiger partial charge in [-0.3, -0.25) is 13.7 Å². The Morgan fingerprint density at radius 2 is 1.45 bits per heavy atom. The van der Waals surface area contributed by atoms with Crippen molar-refractivity contribution in [1.29, 1.82) is 5.26 Å². The summed E-state index contributed by atoms with van der Waals surface area (Å²) >= 11 is 0. The van der Waals surface area contributed by atoms with Gasteiger partial charge in [-0.15, -0.1) is 20.4 Å². The number of pyridine rings is 1. The molecule has 0 saturated carbocycles. The highest BCUT2D eigenvalue weighted by Crippen LogP contribution is 2.37. The number of azo groups is 1. The lowest BCUT2D eigenvalue weighted by molar-refractivity contribution is 0.311. The number of sulfone groups is 1. The smallest absolute Gasteiger partial charge is 0.296 e. The molecule has 7 N–H and O–H groups in total. The highest BCUT2D eigenvalue weighted by Gasteiger charge is 2.24. The summed E-state index contributed by atoms with van der Waals surface area (Å²) in [6, 6.07) is 9.11. The van der Waals surface area contributed by atoms with E-state index >= 15 is 0 Å². The number of aliphatic hydroxyl groups excluding tert-OH is 2. The number of nitriles is 1. The zero-order valence-electron chi connectivity index (χ0n) is 28.0. The lowest BCUT2D eigenvalue weighted by Gasteiger charge is -2.15. The number of nitrogens with zero attached hydrogens (tertiary/aromatic N) is 7.